The normalized spacial score (nSPS) is 12.0. The molecule has 8 nitrogen and oxygen atoms in total. The largest absolute Gasteiger partial charge is 0.261 e. The molecule has 3 aromatic rings. The summed E-state index contributed by atoms with van der Waals surface area (Å²) < 4.78 is 28.3. The maximum atomic E-state index is 12.5. The highest BCUT2D eigenvalue weighted by molar-refractivity contribution is 7.89. The molecular formula is C21H26N6O2S. The summed E-state index contributed by atoms with van der Waals surface area (Å²) in [5, 5.41) is 8.84. The standard InChI is InChI=1S/C21H26N6O2S/c1-5-26(6-2)30(28,29)19-12-13-21(22-14-19)24-23-15-20-16(3)25-27(17(20)4)18-10-8-7-9-11-18/h7-15H,5-6H2,1-4H3,(H,22,24)/b23-15+. The molecule has 0 unspecified atom stereocenters. The lowest BCUT2D eigenvalue weighted by Crippen LogP contribution is -2.30. The van der Waals surface area contributed by atoms with Crippen LogP contribution >= 0.6 is 0 Å². The lowest BCUT2D eigenvalue weighted by Gasteiger charge is -2.18. The Balaban J connectivity index is 1.74. The van der Waals surface area contributed by atoms with Gasteiger partial charge in [-0.05, 0) is 38.1 Å². The molecule has 0 radical (unpaired) electrons. The van der Waals surface area contributed by atoms with E-state index in [2.05, 4.69) is 20.6 Å². The Bertz CT molecular complexity index is 1120. The van der Waals surface area contributed by atoms with Crippen LogP contribution < -0.4 is 5.43 Å². The minimum absolute atomic E-state index is 0.163. The Hall–Kier alpha value is -3.04. The highest BCUT2D eigenvalue weighted by Gasteiger charge is 2.21. The number of para-hydroxylation sites is 1. The van der Waals surface area contributed by atoms with Crippen LogP contribution in [0.4, 0.5) is 5.82 Å². The average molecular weight is 427 g/mol. The van der Waals surface area contributed by atoms with Gasteiger partial charge in [-0.1, -0.05) is 32.0 Å². The predicted molar refractivity (Wildman–Crippen MR) is 119 cm³/mol. The molecule has 0 atom stereocenters. The zero-order valence-electron chi connectivity index (χ0n) is 17.6. The lowest BCUT2D eigenvalue weighted by atomic mass is 10.2. The van der Waals surface area contributed by atoms with Crippen LogP contribution in [0.25, 0.3) is 5.69 Å². The maximum Gasteiger partial charge on any atom is 0.244 e. The van der Waals surface area contributed by atoms with Crippen molar-refractivity contribution in [3.8, 4) is 5.69 Å². The van der Waals surface area contributed by atoms with Crippen LogP contribution in [-0.2, 0) is 10.0 Å². The van der Waals surface area contributed by atoms with Crippen LogP contribution in [0, 0.1) is 13.8 Å². The first-order chi connectivity index (χ1) is 14.4. The summed E-state index contributed by atoms with van der Waals surface area (Å²) in [6, 6.07) is 13.0. The molecule has 158 valence electrons. The van der Waals surface area contributed by atoms with E-state index in [0.717, 1.165) is 22.6 Å². The van der Waals surface area contributed by atoms with Gasteiger partial charge in [-0.2, -0.15) is 14.5 Å². The number of aryl methyl sites for hydroxylation is 1. The second kappa shape index (κ2) is 9.19. The fraction of sp³-hybridized carbons (Fsp3) is 0.286. The Morgan fingerprint density at radius 1 is 1.10 bits per heavy atom. The minimum Gasteiger partial charge on any atom is -0.261 e. The molecule has 0 aliphatic heterocycles. The molecule has 3 rings (SSSR count). The summed E-state index contributed by atoms with van der Waals surface area (Å²) in [6.45, 7) is 8.36. The van der Waals surface area contributed by atoms with E-state index in [1.807, 2.05) is 62.7 Å². The molecule has 1 aromatic carbocycles. The van der Waals surface area contributed by atoms with Gasteiger partial charge in [-0.15, -0.1) is 0 Å². The van der Waals surface area contributed by atoms with Gasteiger partial charge in [-0.25, -0.2) is 18.1 Å². The van der Waals surface area contributed by atoms with Gasteiger partial charge in [0.2, 0.25) is 10.0 Å². The number of sulfonamides is 1. The van der Waals surface area contributed by atoms with E-state index in [4.69, 9.17) is 0 Å². The number of rotatable bonds is 8. The first kappa shape index (κ1) is 21.7. The Labute approximate surface area is 177 Å². The highest BCUT2D eigenvalue weighted by Crippen LogP contribution is 2.17. The second-order valence-corrected chi connectivity index (χ2v) is 8.61. The van der Waals surface area contributed by atoms with Crippen molar-refractivity contribution >= 4 is 22.1 Å². The Morgan fingerprint density at radius 3 is 2.40 bits per heavy atom. The number of anilines is 1. The van der Waals surface area contributed by atoms with Gasteiger partial charge in [0.05, 0.1) is 23.3 Å². The molecule has 0 amide bonds. The molecule has 2 aromatic heterocycles. The smallest absolute Gasteiger partial charge is 0.244 e. The SMILES string of the molecule is CCN(CC)S(=O)(=O)c1ccc(N/N=C/c2c(C)nn(-c3ccccc3)c2C)nc1. The van der Waals surface area contributed by atoms with Crippen LogP contribution in [0.3, 0.4) is 0 Å². The summed E-state index contributed by atoms with van der Waals surface area (Å²) in [7, 11) is -3.52. The molecule has 9 heteroatoms. The Kier molecular flexibility index (Phi) is 6.63. The quantitative estimate of drug-likeness (QED) is 0.440. The van der Waals surface area contributed by atoms with Gasteiger partial charge in [0.15, 0.2) is 0 Å². The third-order valence-electron chi connectivity index (χ3n) is 4.80. The zero-order valence-corrected chi connectivity index (χ0v) is 18.4. The summed E-state index contributed by atoms with van der Waals surface area (Å²) in [5.74, 6) is 0.454. The molecule has 0 bridgehead atoms. The molecular weight excluding hydrogens is 400 g/mol. The number of hydrazone groups is 1. The molecule has 0 saturated heterocycles. The fourth-order valence-corrected chi connectivity index (χ4v) is 4.54. The number of nitrogens with zero attached hydrogens (tertiary/aromatic N) is 5. The molecule has 1 N–H and O–H groups in total. The minimum atomic E-state index is -3.52. The van der Waals surface area contributed by atoms with Crippen molar-refractivity contribution in [2.45, 2.75) is 32.6 Å². The van der Waals surface area contributed by atoms with Crippen molar-refractivity contribution < 1.29 is 8.42 Å². The van der Waals surface area contributed by atoms with Crippen molar-refractivity contribution in [3.63, 3.8) is 0 Å². The average Bonchev–Trinajstić information content (AvgIpc) is 3.04. The van der Waals surface area contributed by atoms with E-state index in [1.165, 1.54) is 16.6 Å². The van der Waals surface area contributed by atoms with Crippen molar-refractivity contribution in [3.05, 3.63) is 65.6 Å². The van der Waals surface area contributed by atoms with Gasteiger partial charge in [0, 0.05) is 24.8 Å². The van der Waals surface area contributed by atoms with Crippen LogP contribution in [0.5, 0.6) is 0 Å². The van der Waals surface area contributed by atoms with Gasteiger partial charge in [0.1, 0.15) is 10.7 Å². The molecule has 0 fully saturated rings. The number of pyridine rings is 1. The number of aromatic nitrogens is 3. The van der Waals surface area contributed by atoms with Gasteiger partial charge in [0.25, 0.3) is 0 Å². The van der Waals surface area contributed by atoms with Crippen LogP contribution in [0.2, 0.25) is 0 Å². The van der Waals surface area contributed by atoms with E-state index in [1.54, 1.807) is 12.3 Å². The monoisotopic (exact) mass is 426 g/mol. The van der Waals surface area contributed by atoms with E-state index < -0.39 is 10.0 Å². The van der Waals surface area contributed by atoms with Crippen molar-refractivity contribution in [2.24, 2.45) is 5.10 Å². The van der Waals surface area contributed by atoms with E-state index in [9.17, 15) is 8.42 Å². The predicted octanol–water partition coefficient (Wildman–Crippen LogP) is 3.36. The van der Waals surface area contributed by atoms with Crippen molar-refractivity contribution in [1.82, 2.24) is 19.1 Å². The van der Waals surface area contributed by atoms with E-state index >= 15 is 0 Å². The summed E-state index contributed by atoms with van der Waals surface area (Å²) in [4.78, 5) is 4.34. The molecule has 0 aliphatic rings. The zero-order chi connectivity index (χ0) is 21.7. The fourth-order valence-electron chi connectivity index (χ4n) is 3.14. The number of nitrogens with one attached hydrogen (secondary N) is 1. The van der Waals surface area contributed by atoms with Gasteiger partial charge >= 0.3 is 0 Å². The van der Waals surface area contributed by atoms with E-state index in [0.29, 0.717) is 18.9 Å². The first-order valence-electron chi connectivity index (χ1n) is 9.75. The van der Waals surface area contributed by atoms with Crippen LogP contribution in [-0.4, -0.2) is 46.8 Å². The van der Waals surface area contributed by atoms with Crippen LogP contribution in [0.15, 0.2) is 58.7 Å². The first-order valence-corrected chi connectivity index (χ1v) is 11.2. The molecule has 2 heterocycles. The molecule has 30 heavy (non-hydrogen) atoms. The third-order valence-corrected chi connectivity index (χ3v) is 6.83. The molecule has 0 saturated carbocycles. The van der Waals surface area contributed by atoms with Crippen LogP contribution in [0.1, 0.15) is 30.8 Å². The topological polar surface area (TPSA) is 92.5 Å². The third kappa shape index (κ3) is 4.42. The number of hydrogen-bond donors (Lipinski definition) is 1. The maximum absolute atomic E-state index is 12.5. The van der Waals surface area contributed by atoms with E-state index in [-0.39, 0.29) is 4.90 Å². The molecule has 0 spiro atoms. The summed E-state index contributed by atoms with van der Waals surface area (Å²) in [5.41, 5.74) is 6.57. The van der Waals surface area contributed by atoms with Crippen molar-refractivity contribution in [1.29, 1.82) is 0 Å². The summed E-state index contributed by atoms with van der Waals surface area (Å²) >= 11 is 0. The summed E-state index contributed by atoms with van der Waals surface area (Å²) in [6.07, 6.45) is 3.04. The second-order valence-electron chi connectivity index (χ2n) is 6.67. The van der Waals surface area contributed by atoms with Gasteiger partial charge in [-0.3, -0.25) is 5.43 Å². The van der Waals surface area contributed by atoms with Crippen molar-refractivity contribution in [2.75, 3.05) is 18.5 Å². The lowest BCUT2D eigenvalue weighted by molar-refractivity contribution is 0.445. The Morgan fingerprint density at radius 2 is 1.80 bits per heavy atom. The number of hydrogen-bond acceptors (Lipinski definition) is 6. The highest BCUT2D eigenvalue weighted by atomic mass is 32.2. The van der Waals surface area contributed by atoms with Gasteiger partial charge < -0.3 is 0 Å². The number of benzene rings is 1. The molecule has 0 aliphatic carbocycles.